The molecule has 3 aromatic carbocycles. The van der Waals surface area contributed by atoms with Crippen LogP contribution in [0.1, 0.15) is 34.7 Å². The first kappa shape index (κ1) is 21.8. The average Bonchev–Trinajstić information content (AvgIpc) is 3.02. The third-order valence-electron chi connectivity index (χ3n) is 5.85. The summed E-state index contributed by atoms with van der Waals surface area (Å²) in [4.78, 5) is 28.2. The quantitative estimate of drug-likeness (QED) is 0.480. The number of halogens is 1. The van der Waals surface area contributed by atoms with Crippen LogP contribution >= 0.6 is 11.6 Å². The molecule has 4 nitrogen and oxygen atoms in total. The molecule has 0 aromatic heterocycles. The Labute approximate surface area is 193 Å². The van der Waals surface area contributed by atoms with E-state index in [9.17, 15) is 9.59 Å². The Hall–Kier alpha value is -3.37. The minimum atomic E-state index is -0.335. The summed E-state index contributed by atoms with van der Waals surface area (Å²) in [6.45, 7) is 6.30. The van der Waals surface area contributed by atoms with Crippen molar-refractivity contribution in [2.24, 2.45) is 0 Å². The van der Waals surface area contributed by atoms with Crippen LogP contribution in [0.4, 0.5) is 5.69 Å². The Morgan fingerprint density at radius 1 is 0.812 bits per heavy atom. The van der Waals surface area contributed by atoms with E-state index in [0.717, 1.165) is 34.4 Å². The molecular weight excluding hydrogens is 420 g/mol. The van der Waals surface area contributed by atoms with Crippen LogP contribution in [0.2, 0.25) is 5.02 Å². The van der Waals surface area contributed by atoms with Crippen molar-refractivity contribution < 1.29 is 9.59 Å². The van der Waals surface area contributed by atoms with Crippen molar-refractivity contribution in [1.29, 1.82) is 0 Å². The maximum atomic E-state index is 13.5. The third-order valence-corrected chi connectivity index (χ3v) is 6.10. The van der Waals surface area contributed by atoms with Crippen molar-refractivity contribution in [2.75, 3.05) is 5.32 Å². The number of hydrogen-bond donors (Lipinski definition) is 1. The van der Waals surface area contributed by atoms with Crippen LogP contribution < -0.4 is 5.32 Å². The average molecular weight is 445 g/mol. The number of anilines is 1. The van der Waals surface area contributed by atoms with Crippen molar-refractivity contribution in [2.45, 2.75) is 33.7 Å². The summed E-state index contributed by atoms with van der Waals surface area (Å²) >= 11 is 5.99. The topological polar surface area (TPSA) is 49.4 Å². The third kappa shape index (κ3) is 4.32. The molecule has 32 heavy (non-hydrogen) atoms. The van der Waals surface area contributed by atoms with Crippen LogP contribution in [-0.2, 0) is 22.6 Å². The van der Waals surface area contributed by atoms with Crippen LogP contribution in [-0.4, -0.2) is 16.7 Å². The monoisotopic (exact) mass is 444 g/mol. The van der Waals surface area contributed by atoms with Crippen molar-refractivity contribution in [1.82, 2.24) is 4.90 Å². The maximum Gasteiger partial charge on any atom is 0.278 e. The predicted molar refractivity (Wildman–Crippen MR) is 129 cm³/mol. The molecule has 1 N–H and O–H groups in total. The summed E-state index contributed by atoms with van der Waals surface area (Å²) < 4.78 is 0. The Bertz CT molecular complexity index is 1210. The van der Waals surface area contributed by atoms with Crippen LogP contribution in [0.25, 0.3) is 5.57 Å². The molecule has 5 heteroatoms. The molecule has 0 fully saturated rings. The van der Waals surface area contributed by atoms with Crippen molar-refractivity contribution >= 4 is 34.7 Å². The molecule has 4 rings (SSSR count). The molecule has 0 bridgehead atoms. The van der Waals surface area contributed by atoms with E-state index in [1.54, 1.807) is 12.1 Å². The van der Waals surface area contributed by atoms with Gasteiger partial charge in [-0.1, -0.05) is 61.0 Å². The van der Waals surface area contributed by atoms with E-state index in [4.69, 9.17) is 11.6 Å². The number of benzene rings is 3. The second-order valence-electron chi connectivity index (χ2n) is 8.05. The zero-order chi connectivity index (χ0) is 22.8. The van der Waals surface area contributed by atoms with E-state index in [0.29, 0.717) is 16.3 Å². The molecule has 0 saturated carbocycles. The number of hydrogen-bond acceptors (Lipinski definition) is 3. The fraction of sp³-hybridized carbons (Fsp3) is 0.185. The Balaban J connectivity index is 1.73. The first-order valence-corrected chi connectivity index (χ1v) is 11.0. The molecule has 162 valence electrons. The van der Waals surface area contributed by atoms with Gasteiger partial charge >= 0.3 is 0 Å². The smallest absolute Gasteiger partial charge is 0.278 e. The Kier molecular flexibility index (Phi) is 6.15. The standard InChI is InChI=1S/C27H25ClN2O2/c1-4-19-8-13-23(14-9-19)29-25-24(21-10-5-17(2)18(3)15-21)26(31)30(27(25)32)16-20-6-11-22(28)12-7-20/h5-15,29H,4,16H2,1-3H3. The van der Waals surface area contributed by atoms with Gasteiger partial charge in [0.25, 0.3) is 11.8 Å². The Morgan fingerprint density at radius 2 is 1.47 bits per heavy atom. The first-order valence-electron chi connectivity index (χ1n) is 10.7. The molecule has 1 heterocycles. The fourth-order valence-electron chi connectivity index (χ4n) is 3.74. The minimum Gasteiger partial charge on any atom is -0.350 e. The van der Waals surface area contributed by atoms with Gasteiger partial charge < -0.3 is 5.32 Å². The molecule has 0 saturated heterocycles. The van der Waals surface area contributed by atoms with Gasteiger partial charge in [-0.15, -0.1) is 0 Å². The van der Waals surface area contributed by atoms with Crippen molar-refractivity contribution in [3.63, 3.8) is 0 Å². The van der Waals surface area contributed by atoms with Gasteiger partial charge in [0.2, 0.25) is 0 Å². The number of aryl methyl sites for hydroxylation is 3. The Morgan fingerprint density at radius 3 is 2.09 bits per heavy atom. The first-order chi connectivity index (χ1) is 15.4. The van der Waals surface area contributed by atoms with Gasteiger partial charge in [0.05, 0.1) is 12.1 Å². The zero-order valence-corrected chi connectivity index (χ0v) is 19.2. The van der Waals surface area contributed by atoms with Gasteiger partial charge in [-0.2, -0.15) is 0 Å². The summed E-state index contributed by atoms with van der Waals surface area (Å²) in [5.74, 6) is -0.640. The van der Waals surface area contributed by atoms with E-state index in [-0.39, 0.29) is 18.4 Å². The highest BCUT2D eigenvalue weighted by atomic mass is 35.5. The fourth-order valence-corrected chi connectivity index (χ4v) is 3.87. The molecule has 3 aromatic rings. The van der Waals surface area contributed by atoms with Crippen LogP contribution in [0.5, 0.6) is 0 Å². The highest BCUT2D eigenvalue weighted by Crippen LogP contribution is 2.32. The molecule has 2 amide bonds. The van der Waals surface area contributed by atoms with Gasteiger partial charge in [-0.25, -0.2) is 0 Å². The number of rotatable bonds is 6. The van der Waals surface area contributed by atoms with Crippen LogP contribution in [0.3, 0.4) is 0 Å². The molecule has 0 unspecified atom stereocenters. The predicted octanol–water partition coefficient (Wildman–Crippen LogP) is 5.91. The number of amides is 2. The molecule has 0 radical (unpaired) electrons. The summed E-state index contributed by atoms with van der Waals surface area (Å²) in [6.07, 6.45) is 0.934. The second-order valence-corrected chi connectivity index (χ2v) is 8.48. The molecule has 0 spiro atoms. The van der Waals surface area contributed by atoms with Crippen molar-refractivity contribution in [3.05, 3.63) is 105 Å². The number of carbonyl (C=O) groups is 2. The lowest BCUT2D eigenvalue weighted by molar-refractivity contribution is -0.137. The van der Waals surface area contributed by atoms with Crippen LogP contribution in [0, 0.1) is 13.8 Å². The highest BCUT2D eigenvalue weighted by molar-refractivity contribution is 6.36. The second kappa shape index (κ2) is 9.01. The molecule has 0 atom stereocenters. The SMILES string of the molecule is CCc1ccc(NC2=C(c3ccc(C)c(C)c3)C(=O)N(Cc3ccc(Cl)cc3)C2=O)cc1. The minimum absolute atomic E-state index is 0.184. The van der Waals surface area contributed by atoms with E-state index >= 15 is 0 Å². The molecule has 0 aliphatic carbocycles. The van der Waals surface area contributed by atoms with Gasteiger partial charge in [-0.3, -0.25) is 14.5 Å². The van der Waals surface area contributed by atoms with E-state index < -0.39 is 0 Å². The number of nitrogens with one attached hydrogen (secondary N) is 1. The van der Waals surface area contributed by atoms with Gasteiger partial charge in [0.1, 0.15) is 5.70 Å². The number of nitrogens with zero attached hydrogens (tertiary/aromatic N) is 1. The summed E-state index contributed by atoms with van der Waals surface area (Å²) in [6, 6.07) is 20.9. The van der Waals surface area contributed by atoms with E-state index in [1.807, 2.05) is 68.4 Å². The lowest BCUT2D eigenvalue weighted by Gasteiger charge is -2.15. The molecule has 1 aliphatic heterocycles. The largest absolute Gasteiger partial charge is 0.350 e. The lowest BCUT2D eigenvalue weighted by Crippen LogP contribution is -2.32. The van der Waals surface area contributed by atoms with E-state index in [1.165, 1.54) is 10.5 Å². The summed E-state index contributed by atoms with van der Waals surface area (Å²) in [5.41, 5.74) is 6.45. The molecule has 1 aliphatic rings. The molecular formula is C27H25ClN2O2. The zero-order valence-electron chi connectivity index (χ0n) is 18.4. The normalized spacial score (nSPS) is 13.8. The van der Waals surface area contributed by atoms with E-state index in [2.05, 4.69) is 12.2 Å². The summed E-state index contributed by atoms with van der Waals surface area (Å²) in [5, 5.41) is 3.84. The van der Waals surface area contributed by atoms with Gasteiger partial charge in [-0.05, 0) is 72.4 Å². The maximum absolute atomic E-state index is 13.5. The number of imide groups is 1. The van der Waals surface area contributed by atoms with Crippen molar-refractivity contribution in [3.8, 4) is 0 Å². The highest BCUT2D eigenvalue weighted by Gasteiger charge is 2.39. The van der Waals surface area contributed by atoms with Gasteiger partial charge in [0, 0.05) is 10.7 Å². The summed E-state index contributed by atoms with van der Waals surface area (Å²) in [7, 11) is 0. The number of carbonyl (C=O) groups excluding carboxylic acids is 2. The lowest BCUT2D eigenvalue weighted by atomic mass is 9.99. The van der Waals surface area contributed by atoms with Crippen LogP contribution in [0.15, 0.2) is 72.4 Å². The van der Waals surface area contributed by atoms with Gasteiger partial charge in [0.15, 0.2) is 0 Å².